The minimum Gasteiger partial charge on any atom is -0.273 e. The van der Waals surface area contributed by atoms with Gasteiger partial charge in [-0.2, -0.15) is 10.4 Å². The third kappa shape index (κ3) is 2.15. The molecule has 0 saturated heterocycles. The Balaban J connectivity index is 1.85. The maximum atomic E-state index is 9.64. The van der Waals surface area contributed by atoms with E-state index in [1.165, 1.54) is 11.1 Å². The second-order valence-corrected chi connectivity index (χ2v) is 5.40. The zero-order valence-electron chi connectivity index (χ0n) is 11.1. The van der Waals surface area contributed by atoms with Crippen LogP contribution in [0.25, 0.3) is 0 Å². The molecular formula is C16H17N3. The summed E-state index contributed by atoms with van der Waals surface area (Å²) >= 11 is 0. The number of hydrogen-bond donors (Lipinski definition) is 0. The fourth-order valence-corrected chi connectivity index (χ4v) is 3.00. The van der Waals surface area contributed by atoms with Crippen LogP contribution in [0.2, 0.25) is 0 Å². The van der Waals surface area contributed by atoms with Gasteiger partial charge >= 0.3 is 0 Å². The minimum absolute atomic E-state index is 0.286. The van der Waals surface area contributed by atoms with Crippen molar-refractivity contribution in [2.75, 3.05) is 0 Å². The molecule has 0 spiro atoms. The van der Waals surface area contributed by atoms with E-state index in [-0.39, 0.29) is 5.41 Å². The van der Waals surface area contributed by atoms with Crippen molar-refractivity contribution in [1.82, 2.24) is 9.78 Å². The molecule has 1 aliphatic carbocycles. The summed E-state index contributed by atoms with van der Waals surface area (Å²) in [6.07, 6.45) is 6.46. The summed E-state index contributed by atoms with van der Waals surface area (Å²) in [6.45, 7) is 2.95. The smallest absolute Gasteiger partial charge is 0.0700 e. The molecule has 1 aromatic heterocycles. The molecule has 0 unspecified atom stereocenters. The van der Waals surface area contributed by atoms with Crippen molar-refractivity contribution >= 4 is 0 Å². The highest BCUT2D eigenvalue weighted by Crippen LogP contribution is 2.39. The first-order chi connectivity index (χ1) is 9.24. The average molecular weight is 251 g/mol. The zero-order valence-corrected chi connectivity index (χ0v) is 11.1. The first-order valence-electron chi connectivity index (χ1n) is 6.74. The predicted octanol–water partition coefficient (Wildman–Crippen LogP) is 2.75. The fraction of sp³-hybridized carbons (Fsp3) is 0.375. The Hall–Kier alpha value is -2.08. The van der Waals surface area contributed by atoms with Crippen molar-refractivity contribution in [3.05, 3.63) is 53.3 Å². The molecule has 0 bridgehead atoms. The zero-order chi connectivity index (χ0) is 13.3. The summed E-state index contributed by atoms with van der Waals surface area (Å²) in [5.41, 5.74) is 3.53. The lowest BCUT2D eigenvalue weighted by atomic mass is 9.81. The Morgan fingerprint density at radius 1 is 1.32 bits per heavy atom. The van der Waals surface area contributed by atoms with Crippen LogP contribution >= 0.6 is 0 Å². The van der Waals surface area contributed by atoms with Gasteiger partial charge in [-0.25, -0.2) is 0 Å². The average Bonchev–Trinajstić information content (AvgIpc) is 3.02. The van der Waals surface area contributed by atoms with E-state index in [2.05, 4.69) is 48.6 Å². The molecule has 1 heterocycles. The Morgan fingerprint density at radius 3 is 2.53 bits per heavy atom. The van der Waals surface area contributed by atoms with Crippen LogP contribution in [0.3, 0.4) is 0 Å². The minimum atomic E-state index is -0.286. The number of nitriles is 1. The molecule has 1 aliphatic rings. The number of hydrogen-bond acceptors (Lipinski definition) is 2. The molecule has 0 amide bonds. The molecule has 0 fully saturated rings. The number of nitrogens with zero attached hydrogens (tertiary/aromatic N) is 3. The molecule has 3 nitrogen and oxygen atoms in total. The van der Waals surface area contributed by atoms with E-state index in [1.54, 1.807) is 0 Å². The van der Waals surface area contributed by atoms with Crippen LogP contribution in [0.1, 0.15) is 23.6 Å². The van der Waals surface area contributed by atoms with Crippen molar-refractivity contribution in [3.63, 3.8) is 0 Å². The van der Waals surface area contributed by atoms with Crippen molar-refractivity contribution < 1.29 is 0 Å². The summed E-state index contributed by atoms with van der Waals surface area (Å²) in [6, 6.07) is 11.0. The molecule has 2 aromatic rings. The van der Waals surface area contributed by atoms with E-state index in [9.17, 15) is 5.26 Å². The summed E-state index contributed by atoms with van der Waals surface area (Å²) in [5, 5.41) is 13.9. The van der Waals surface area contributed by atoms with Gasteiger partial charge in [0.05, 0.1) is 17.7 Å². The molecule has 3 rings (SSSR count). The predicted molar refractivity (Wildman–Crippen MR) is 73.5 cm³/mol. The lowest BCUT2D eigenvalue weighted by Gasteiger charge is -2.18. The van der Waals surface area contributed by atoms with Crippen LogP contribution < -0.4 is 0 Å². The summed E-state index contributed by atoms with van der Waals surface area (Å²) in [5.74, 6) is 0. The molecule has 0 aliphatic heterocycles. The highest BCUT2D eigenvalue weighted by Gasteiger charge is 2.37. The standard InChI is InChI=1S/C16H17N3/c1-2-19-11-13(10-18-19)7-16(12-17)8-14-5-3-4-6-15(14)9-16/h3-6,10-11H,2,7-9H2,1H3. The molecule has 96 valence electrons. The van der Waals surface area contributed by atoms with Crippen molar-refractivity contribution in [2.24, 2.45) is 5.41 Å². The number of fused-ring (bicyclic) bond motifs is 1. The van der Waals surface area contributed by atoms with Crippen molar-refractivity contribution in [2.45, 2.75) is 32.7 Å². The maximum absolute atomic E-state index is 9.64. The molecule has 0 N–H and O–H groups in total. The Kier molecular flexibility index (Phi) is 2.87. The third-order valence-corrected chi connectivity index (χ3v) is 3.97. The number of aromatic nitrogens is 2. The second kappa shape index (κ2) is 4.55. The van der Waals surface area contributed by atoms with Crippen LogP contribution in [0.5, 0.6) is 0 Å². The van der Waals surface area contributed by atoms with Gasteiger partial charge in [0.2, 0.25) is 0 Å². The highest BCUT2D eigenvalue weighted by atomic mass is 15.3. The van der Waals surface area contributed by atoms with Crippen LogP contribution in [-0.4, -0.2) is 9.78 Å². The quantitative estimate of drug-likeness (QED) is 0.841. The van der Waals surface area contributed by atoms with E-state index in [1.807, 2.05) is 10.9 Å². The number of aryl methyl sites for hydroxylation is 1. The Labute approximate surface area is 113 Å². The van der Waals surface area contributed by atoms with Crippen LogP contribution in [0.4, 0.5) is 0 Å². The monoisotopic (exact) mass is 251 g/mol. The first kappa shape index (κ1) is 12.0. The number of benzene rings is 1. The van der Waals surface area contributed by atoms with Gasteiger partial charge in [-0.1, -0.05) is 24.3 Å². The van der Waals surface area contributed by atoms with Crippen LogP contribution in [0.15, 0.2) is 36.7 Å². The van der Waals surface area contributed by atoms with E-state index < -0.39 is 0 Å². The molecule has 19 heavy (non-hydrogen) atoms. The lowest BCUT2D eigenvalue weighted by Crippen LogP contribution is -2.22. The molecule has 0 atom stereocenters. The maximum Gasteiger partial charge on any atom is 0.0700 e. The van der Waals surface area contributed by atoms with Crippen LogP contribution in [0, 0.1) is 16.7 Å². The summed E-state index contributed by atoms with van der Waals surface area (Å²) in [4.78, 5) is 0. The summed E-state index contributed by atoms with van der Waals surface area (Å²) in [7, 11) is 0. The van der Waals surface area contributed by atoms with Crippen molar-refractivity contribution in [3.8, 4) is 6.07 Å². The van der Waals surface area contributed by atoms with E-state index in [0.717, 1.165) is 31.4 Å². The second-order valence-electron chi connectivity index (χ2n) is 5.40. The van der Waals surface area contributed by atoms with Gasteiger partial charge in [0.15, 0.2) is 0 Å². The Morgan fingerprint density at radius 2 is 2.00 bits per heavy atom. The molecule has 3 heteroatoms. The summed E-state index contributed by atoms with van der Waals surface area (Å²) < 4.78 is 1.92. The SMILES string of the molecule is CCn1cc(CC2(C#N)Cc3ccccc3C2)cn1. The van der Waals surface area contributed by atoms with Gasteiger partial charge in [-0.05, 0) is 42.9 Å². The van der Waals surface area contributed by atoms with Gasteiger partial charge in [-0.15, -0.1) is 0 Å². The van der Waals surface area contributed by atoms with Crippen molar-refractivity contribution in [1.29, 1.82) is 5.26 Å². The number of rotatable bonds is 3. The fourth-order valence-electron chi connectivity index (χ4n) is 3.00. The topological polar surface area (TPSA) is 41.6 Å². The highest BCUT2D eigenvalue weighted by molar-refractivity contribution is 5.38. The van der Waals surface area contributed by atoms with E-state index in [4.69, 9.17) is 0 Å². The molecule has 0 radical (unpaired) electrons. The Bertz CT molecular complexity index is 608. The third-order valence-electron chi connectivity index (χ3n) is 3.97. The first-order valence-corrected chi connectivity index (χ1v) is 6.74. The molecule has 0 saturated carbocycles. The largest absolute Gasteiger partial charge is 0.273 e. The van der Waals surface area contributed by atoms with E-state index in [0.29, 0.717) is 0 Å². The van der Waals surface area contributed by atoms with Gasteiger partial charge in [0.25, 0.3) is 0 Å². The van der Waals surface area contributed by atoms with Gasteiger partial charge < -0.3 is 0 Å². The van der Waals surface area contributed by atoms with Gasteiger partial charge in [0, 0.05) is 12.7 Å². The van der Waals surface area contributed by atoms with Gasteiger partial charge in [0.1, 0.15) is 0 Å². The molecular weight excluding hydrogens is 234 g/mol. The normalized spacial score (nSPS) is 16.0. The van der Waals surface area contributed by atoms with Crippen LogP contribution in [-0.2, 0) is 25.8 Å². The van der Waals surface area contributed by atoms with E-state index >= 15 is 0 Å². The molecule has 1 aromatic carbocycles. The lowest BCUT2D eigenvalue weighted by molar-refractivity contribution is 0.418. The van der Waals surface area contributed by atoms with Gasteiger partial charge in [-0.3, -0.25) is 4.68 Å².